The van der Waals surface area contributed by atoms with E-state index >= 15 is 0 Å². The van der Waals surface area contributed by atoms with Crippen LogP contribution in [0.4, 0.5) is 11.4 Å². The van der Waals surface area contributed by atoms with Gasteiger partial charge in [-0.3, -0.25) is 14.9 Å². The summed E-state index contributed by atoms with van der Waals surface area (Å²) in [6.45, 7) is 6.16. The number of nitro benzene ring substituents is 1. The lowest BCUT2D eigenvalue weighted by atomic mass is 10.2. The van der Waals surface area contributed by atoms with Gasteiger partial charge in [-0.2, -0.15) is 0 Å². The number of anilines is 1. The molecule has 0 unspecified atom stereocenters. The Balaban J connectivity index is 1.44. The first kappa shape index (κ1) is 16.7. The summed E-state index contributed by atoms with van der Waals surface area (Å²) in [7, 11) is 0. The molecule has 0 bridgehead atoms. The normalized spacial score (nSPS) is 19.8. The van der Waals surface area contributed by atoms with Gasteiger partial charge in [0.15, 0.2) is 6.54 Å². The molecule has 0 spiro atoms. The van der Waals surface area contributed by atoms with Crippen molar-refractivity contribution < 1.29 is 14.6 Å². The Bertz CT molecular complexity index is 592. The summed E-state index contributed by atoms with van der Waals surface area (Å²) in [5.41, 5.74) is 1.12. The molecule has 2 N–H and O–H groups in total. The molecule has 1 saturated heterocycles. The van der Waals surface area contributed by atoms with Gasteiger partial charge < -0.3 is 15.1 Å². The number of hydrogen-bond acceptors (Lipinski definition) is 4. The number of non-ortho nitro benzene ring substituents is 1. The van der Waals surface area contributed by atoms with Gasteiger partial charge in [0.25, 0.3) is 11.6 Å². The molecule has 130 valence electrons. The van der Waals surface area contributed by atoms with E-state index in [0.717, 1.165) is 31.9 Å². The monoisotopic (exact) mass is 333 g/mol. The van der Waals surface area contributed by atoms with Gasteiger partial charge in [0.1, 0.15) is 0 Å². The lowest BCUT2D eigenvalue weighted by molar-refractivity contribution is -0.892. The molecule has 1 atom stereocenters. The van der Waals surface area contributed by atoms with Gasteiger partial charge in [-0.05, 0) is 37.8 Å². The maximum absolute atomic E-state index is 12.1. The summed E-state index contributed by atoms with van der Waals surface area (Å²) < 4.78 is 0. The van der Waals surface area contributed by atoms with Gasteiger partial charge in [-0.25, -0.2) is 0 Å². The van der Waals surface area contributed by atoms with Crippen LogP contribution in [0.1, 0.15) is 19.8 Å². The number of hydrogen-bond donors (Lipinski definition) is 2. The zero-order valence-electron chi connectivity index (χ0n) is 14.0. The molecule has 1 heterocycles. The third-order valence-corrected chi connectivity index (χ3v) is 5.02. The van der Waals surface area contributed by atoms with Crippen LogP contribution in [-0.4, -0.2) is 49.6 Å². The number of nitrogens with one attached hydrogen (secondary N) is 2. The first-order valence-corrected chi connectivity index (χ1v) is 8.65. The Kier molecular flexibility index (Phi) is 4.99. The van der Waals surface area contributed by atoms with Gasteiger partial charge in [0.05, 0.1) is 31.1 Å². The third kappa shape index (κ3) is 4.23. The lowest BCUT2D eigenvalue weighted by Gasteiger charge is -2.33. The van der Waals surface area contributed by atoms with Crippen molar-refractivity contribution in [3.63, 3.8) is 0 Å². The molecule has 1 aromatic carbocycles. The SMILES string of the molecule is C[C@H](NC(=O)C[NH+]1CCN(c2ccc([N+](=O)[O-])cc2)CC1)C1CC1. The first-order valence-electron chi connectivity index (χ1n) is 8.65. The Morgan fingerprint density at radius 1 is 1.33 bits per heavy atom. The average molecular weight is 333 g/mol. The second-order valence-corrected chi connectivity index (χ2v) is 6.88. The summed E-state index contributed by atoms with van der Waals surface area (Å²) in [4.78, 5) is 25.9. The summed E-state index contributed by atoms with van der Waals surface area (Å²) in [6, 6.07) is 6.99. The van der Waals surface area contributed by atoms with E-state index in [2.05, 4.69) is 17.1 Å². The fourth-order valence-corrected chi connectivity index (χ4v) is 3.29. The second kappa shape index (κ2) is 7.17. The van der Waals surface area contributed by atoms with Crippen molar-refractivity contribution in [1.82, 2.24) is 5.32 Å². The van der Waals surface area contributed by atoms with Crippen LogP contribution in [0.2, 0.25) is 0 Å². The van der Waals surface area contributed by atoms with Crippen LogP contribution in [0.5, 0.6) is 0 Å². The second-order valence-electron chi connectivity index (χ2n) is 6.88. The van der Waals surface area contributed by atoms with E-state index in [1.807, 2.05) is 0 Å². The van der Waals surface area contributed by atoms with Crippen molar-refractivity contribution in [2.45, 2.75) is 25.8 Å². The summed E-state index contributed by atoms with van der Waals surface area (Å²) in [6.07, 6.45) is 2.48. The number of nitrogens with zero attached hydrogens (tertiary/aromatic N) is 2. The number of carbonyl (C=O) groups excluding carboxylic acids is 1. The van der Waals surface area contributed by atoms with Crippen molar-refractivity contribution in [2.75, 3.05) is 37.6 Å². The first-order chi connectivity index (χ1) is 11.5. The number of quaternary nitrogens is 1. The Morgan fingerprint density at radius 3 is 2.50 bits per heavy atom. The van der Waals surface area contributed by atoms with Crippen molar-refractivity contribution >= 4 is 17.3 Å². The lowest BCUT2D eigenvalue weighted by Crippen LogP contribution is -3.16. The number of carbonyl (C=O) groups is 1. The molecule has 1 amide bonds. The molecule has 2 fully saturated rings. The zero-order valence-corrected chi connectivity index (χ0v) is 14.0. The molecule has 1 aliphatic carbocycles. The Labute approximate surface area is 141 Å². The Hall–Kier alpha value is -2.15. The fraction of sp³-hybridized carbons (Fsp3) is 0.588. The standard InChI is InChI=1S/C17H24N4O3/c1-13(14-2-3-14)18-17(22)12-19-8-10-20(11-9-19)15-4-6-16(7-5-15)21(23)24/h4-7,13-14H,2-3,8-12H2,1H3,(H,18,22)/p+1/t13-/m0/s1. The van der Waals surface area contributed by atoms with E-state index in [1.165, 1.54) is 17.7 Å². The van der Waals surface area contributed by atoms with E-state index in [4.69, 9.17) is 0 Å². The quantitative estimate of drug-likeness (QED) is 0.576. The molecule has 1 aliphatic heterocycles. The zero-order chi connectivity index (χ0) is 17.1. The van der Waals surface area contributed by atoms with E-state index in [1.54, 1.807) is 24.3 Å². The largest absolute Gasteiger partial charge is 0.360 e. The van der Waals surface area contributed by atoms with E-state index in [-0.39, 0.29) is 16.5 Å². The molecule has 0 aromatic heterocycles. The molecule has 24 heavy (non-hydrogen) atoms. The van der Waals surface area contributed by atoms with Crippen LogP contribution in [-0.2, 0) is 4.79 Å². The summed E-state index contributed by atoms with van der Waals surface area (Å²) in [5.74, 6) is 0.830. The minimum Gasteiger partial charge on any atom is -0.360 e. The van der Waals surface area contributed by atoms with Gasteiger partial charge >= 0.3 is 0 Å². The fourth-order valence-electron chi connectivity index (χ4n) is 3.29. The topological polar surface area (TPSA) is 79.9 Å². The molecule has 7 nitrogen and oxygen atoms in total. The van der Waals surface area contributed by atoms with Gasteiger partial charge in [0.2, 0.25) is 0 Å². The number of rotatable bonds is 6. The summed E-state index contributed by atoms with van der Waals surface area (Å²) in [5, 5.41) is 13.8. The van der Waals surface area contributed by atoms with Crippen molar-refractivity contribution in [3.8, 4) is 0 Å². The predicted octanol–water partition coefficient (Wildman–Crippen LogP) is 0.214. The van der Waals surface area contributed by atoms with E-state index in [9.17, 15) is 14.9 Å². The van der Waals surface area contributed by atoms with Gasteiger partial charge in [-0.15, -0.1) is 0 Å². The summed E-state index contributed by atoms with van der Waals surface area (Å²) >= 11 is 0. The van der Waals surface area contributed by atoms with Crippen LogP contribution in [0.25, 0.3) is 0 Å². The van der Waals surface area contributed by atoms with E-state index < -0.39 is 0 Å². The molecular weight excluding hydrogens is 308 g/mol. The highest BCUT2D eigenvalue weighted by Crippen LogP contribution is 2.32. The number of piperazine rings is 1. The molecule has 1 saturated carbocycles. The van der Waals surface area contributed by atoms with Gasteiger partial charge in [-0.1, -0.05) is 0 Å². The van der Waals surface area contributed by atoms with Crippen LogP contribution >= 0.6 is 0 Å². The van der Waals surface area contributed by atoms with Crippen molar-refractivity contribution in [1.29, 1.82) is 0 Å². The maximum Gasteiger partial charge on any atom is 0.275 e. The molecule has 7 heteroatoms. The van der Waals surface area contributed by atoms with Crippen molar-refractivity contribution in [2.24, 2.45) is 5.92 Å². The average Bonchev–Trinajstić information content (AvgIpc) is 3.40. The van der Waals surface area contributed by atoms with Crippen LogP contribution in [0, 0.1) is 16.0 Å². The minimum absolute atomic E-state index is 0.115. The number of benzene rings is 1. The van der Waals surface area contributed by atoms with Crippen molar-refractivity contribution in [3.05, 3.63) is 34.4 Å². The number of nitro groups is 1. The van der Waals surface area contributed by atoms with Crippen LogP contribution in [0.15, 0.2) is 24.3 Å². The third-order valence-electron chi connectivity index (χ3n) is 5.02. The van der Waals surface area contributed by atoms with Crippen LogP contribution in [0.3, 0.4) is 0 Å². The number of amides is 1. The predicted molar refractivity (Wildman–Crippen MR) is 91.2 cm³/mol. The Morgan fingerprint density at radius 2 is 1.96 bits per heavy atom. The molecule has 3 rings (SSSR count). The molecule has 0 radical (unpaired) electrons. The molecule has 1 aromatic rings. The highest BCUT2D eigenvalue weighted by Gasteiger charge is 2.30. The molecular formula is C17H25N4O3+. The minimum atomic E-state index is -0.382. The smallest absolute Gasteiger partial charge is 0.275 e. The highest BCUT2D eigenvalue weighted by atomic mass is 16.6. The molecule has 2 aliphatic rings. The highest BCUT2D eigenvalue weighted by molar-refractivity contribution is 5.77. The van der Waals surface area contributed by atoms with Crippen LogP contribution < -0.4 is 15.1 Å². The maximum atomic E-state index is 12.1. The van der Waals surface area contributed by atoms with Gasteiger partial charge in [0, 0.05) is 23.9 Å². The van der Waals surface area contributed by atoms with E-state index in [0.29, 0.717) is 18.5 Å².